The normalized spacial score (nSPS) is 16.5. The smallest absolute Gasteiger partial charge is 0.321 e. The standard InChI is InChI=1S/C22H19F3N2O/c23-18-10-11-19(21(25)20(18)24)26-22(28)27-12-4-8-16(27)13-15-7-3-6-14-5-1-2-9-17(14)15/h1-3,5-7,9-11,16H,4,8,12-13H2,(H,26,28)/t16-/m1/s1. The van der Waals surface area contributed by atoms with Crippen molar-refractivity contribution in [2.75, 3.05) is 11.9 Å². The van der Waals surface area contributed by atoms with Crippen molar-refractivity contribution in [1.29, 1.82) is 0 Å². The number of nitrogens with one attached hydrogen (secondary N) is 1. The summed E-state index contributed by atoms with van der Waals surface area (Å²) in [5.74, 6) is -4.27. The maximum atomic E-state index is 13.9. The third-order valence-electron chi connectivity index (χ3n) is 5.25. The summed E-state index contributed by atoms with van der Waals surface area (Å²) in [6, 6.07) is 15.4. The van der Waals surface area contributed by atoms with Crippen LogP contribution in [0.2, 0.25) is 0 Å². The van der Waals surface area contributed by atoms with Crippen LogP contribution in [-0.4, -0.2) is 23.5 Å². The monoisotopic (exact) mass is 384 g/mol. The van der Waals surface area contributed by atoms with E-state index in [4.69, 9.17) is 0 Å². The molecule has 144 valence electrons. The van der Waals surface area contributed by atoms with Crippen molar-refractivity contribution >= 4 is 22.5 Å². The Hall–Kier alpha value is -3.02. The highest BCUT2D eigenvalue weighted by atomic mass is 19.2. The van der Waals surface area contributed by atoms with E-state index in [1.807, 2.05) is 36.4 Å². The highest BCUT2D eigenvalue weighted by Gasteiger charge is 2.30. The number of halogens is 3. The van der Waals surface area contributed by atoms with Crippen LogP contribution in [0.4, 0.5) is 23.7 Å². The first-order valence-electron chi connectivity index (χ1n) is 9.22. The second-order valence-electron chi connectivity index (χ2n) is 6.98. The molecule has 0 radical (unpaired) electrons. The second kappa shape index (κ2) is 7.54. The summed E-state index contributed by atoms with van der Waals surface area (Å²) in [5.41, 5.74) is 0.779. The van der Waals surface area contributed by atoms with Crippen LogP contribution in [0.15, 0.2) is 54.6 Å². The minimum atomic E-state index is -1.59. The molecule has 3 nitrogen and oxygen atoms in total. The molecule has 1 atom stereocenters. The van der Waals surface area contributed by atoms with Gasteiger partial charge in [0.05, 0.1) is 5.69 Å². The molecule has 1 N–H and O–H groups in total. The SMILES string of the molecule is O=C(Nc1ccc(F)c(F)c1F)N1CCC[C@@H]1Cc1cccc2ccccc12. The van der Waals surface area contributed by atoms with Gasteiger partial charge in [0, 0.05) is 12.6 Å². The van der Waals surface area contributed by atoms with Crippen LogP contribution in [0.1, 0.15) is 18.4 Å². The number of hydrogen-bond donors (Lipinski definition) is 1. The Morgan fingerprint density at radius 2 is 1.79 bits per heavy atom. The van der Waals surface area contributed by atoms with Crippen LogP contribution in [0, 0.1) is 17.5 Å². The molecule has 28 heavy (non-hydrogen) atoms. The first-order valence-corrected chi connectivity index (χ1v) is 9.22. The summed E-state index contributed by atoms with van der Waals surface area (Å²) >= 11 is 0. The van der Waals surface area contributed by atoms with E-state index in [1.54, 1.807) is 4.90 Å². The zero-order valence-electron chi connectivity index (χ0n) is 15.1. The topological polar surface area (TPSA) is 32.3 Å². The van der Waals surface area contributed by atoms with E-state index in [0.717, 1.165) is 41.3 Å². The molecule has 1 aliphatic rings. The molecule has 1 aliphatic heterocycles. The number of fused-ring (bicyclic) bond motifs is 1. The number of rotatable bonds is 3. The van der Waals surface area contributed by atoms with Crippen molar-refractivity contribution in [2.24, 2.45) is 0 Å². The number of benzene rings is 3. The number of anilines is 1. The third-order valence-corrected chi connectivity index (χ3v) is 5.25. The molecular formula is C22H19F3N2O. The van der Waals surface area contributed by atoms with Crippen LogP contribution in [-0.2, 0) is 6.42 Å². The first-order chi connectivity index (χ1) is 13.5. The van der Waals surface area contributed by atoms with Crippen molar-refractivity contribution < 1.29 is 18.0 Å². The van der Waals surface area contributed by atoms with Gasteiger partial charge in [0.15, 0.2) is 17.5 Å². The van der Waals surface area contributed by atoms with Crippen molar-refractivity contribution in [1.82, 2.24) is 4.90 Å². The number of amides is 2. The predicted molar refractivity (Wildman–Crippen MR) is 103 cm³/mol. The maximum Gasteiger partial charge on any atom is 0.322 e. The Morgan fingerprint density at radius 3 is 2.64 bits per heavy atom. The molecule has 0 unspecified atom stereocenters. The minimum absolute atomic E-state index is 0.0424. The molecule has 3 aromatic rings. The van der Waals surface area contributed by atoms with E-state index < -0.39 is 23.5 Å². The van der Waals surface area contributed by atoms with Gasteiger partial charge >= 0.3 is 6.03 Å². The quantitative estimate of drug-likeness (QED) is 0.595. The maximum absolute atomic E-state index is 13.9. The van der Waals surface area contributed by atoms with Crippen molar-refractivity contribution in [3.05, 3.63) is 77.6 Å². The van der Waals surface area contributed by atoms with Crippen LogP contribution in [0.25, 0.3) is 10.8 Å². The lowest BCUT2D eigenvalue weighted by Crippen LogP contribution is -2.40. The second-order valence-corrected chi connectivity index (χ2v) is 6.98. The molecule has 3 aromatic carbocycles. The molecule has 1 heterocycles. The molecule has 0 aromatic heterocycles. The number of likely N-dealkylation sites (tertiary alicyclic amines) is 1. The van der Waals surface area contributed by atoms with Gasteiger partial charge in [-0.05, 0) is 47.7 Å². The van der Waals surface area contributed by atoms with E-state index in [1.165, 1.54) is 0 Å². The van der Waals surface area contributed by atoms with Gasteiger partial charge in [0.25, 0.3) is 0 Å². The molecule has 0 aliphatic carbocycles. The Balaban J connectivity index is 1.53. The Morgan fingerprint density at radius 1 is 1.00 bits per heavy atom. The van der Waals surface area contributed by atoms with Gasteiger partial charge in [-0.25, -0.2) is 18.0 Å². The Labute approximate surface area is 160 Å². The van der Waals surface area contributed by atoms with Crippen LogP contribution >= 0.6 is 0 Å². The van der Waals surface area contributed by atoms with Crippen molar-refractivity contribution in [3.63, 3.8) is 0 Å². The molecule has 1 saturated heterocycles. The molecule has 0 spiro atoms. The number of carbonyl (C=O) groups is 1. The molecule has 0 saturated carbocycles. The lowest BCUT2D eigenvalue weighted by molar-refractivity contribution is 0.206. The summed E-state index contributed by atoms with van der Waals surface area (Å²) in [4.78, 5) is 14.3. The van der Waals surface area contributed by atoms with Crippen molar-refractivity contribution in [3.8, 4) is 0 Å². The van der Waals surface area contributed by atoms with Gasteiger partial charge in [0.1, 0.15) is 0 Å². The molecule has 1 fully saturated rings. The Kier molecular flexibility index (Phi) is 4.94. The summed E-state index contributed by atoms with van der Waals surface area (Å²) in [5, 5.41) is 4.66. The van der Waals surface area contributed by atoms with Crippen LogP contribution in [0.5, 0.6) is 0 Å². The summed E-state index contributed by atoms with van der Waals surface area (Å²) < 4.78 is 40.4. The van der Waals surface area contributed by atoms with E-state index >= 15 is 0 Å². The van der Waals surface area contributed by atoms with E-state index in [0.29, 0.717) is 13.0 Å². The summed E-state index contributed by atoms with van der Waals surface area (Å²) in [7, 11) is 0. The largest absolute Gasteiger partial charge is 0.322 e. The Bertz CT molecular complexity index is 1030. The summed E-state index contributed by atoms with van der Waals surface area (Å²) in [6.07, 6.45) is 2.34. The highest BCUT2D eigenvalue weighted by Crippen LogP contribution is 2.27. The summed E-state index contributed by atoms with van der Waals surface area (Å²) in [6.45, 7) is 0.534. The minimum Gasteiger partial charge on any atom is -0.321 e. The number of carbonyl (C=O) groups excluding carboxylic acids is 1. The zero-order valence-corrected chi connectivity index (χ0v) is 15.1. The fourth-order valence-corrected chi connectivity index (χ4v) is 3.85. The fourth-order valence-electron chi connectivity index (χ4n) is 3.85. The van der Waals surface area contributed by atoms with Gasteiger partial charge in [-0.1, -0.05) is 42.5 Å². The van der Waals surface area contributed by atoms with Gasteiger partial charge in [-0.2, -0.15) is 0 Å². The average Bonchev–Trinajstić information content (AvgIpc) is 3.17. The average molecular weight is 384 g/mol. The molecule has 6 heteroatoms. The van der Waals surface area contributed by atoms with E-state index in [2.05, 4.69) is 11.4 Å². The molecule has 4 rings (SSSR count). The number of urea groups is 1. The van der Waals surface area contributed by atoms with Gasteiger partial charge in [-0.15, -0.1) is 0 Å². The van der Waals surface area contributed by atoms with E-state index in [-0.39, 0.29) is 11.7 Å². The fraction of sp³-hybridized carbons (Fsp3) is 0.227. The first kappa shape index (κ1) is 18.3. The molecule has 0 bridgehead atoms. The van der Waals surface area contributed by atoms with Crippen LogP contribution < -0.4 is 5.32 Å². The number of hydrogen-bond acceptors (Lipinski definition) is 1. The molecular weight excluding hydrogens is 365 g/mol. The zero-order chi connectivity index (χ0) is 19.7. The lowest BCUT2D eigenvalue weighted by Gasteiger charge is -2.25. The van der Waals surface area contributed by atoms with Crippen molar-refractivity contribution in [2.45, 2.75) is 25.3 Å². The van der Waals surface area contributed by atoms with Gasteiger partial charge in [-0.3, -0.25) is 0 Å². The van der Waals surface area contributed by atoms with Gasteiger partial charge in [0.2, 0.25) is 0 Å². The highest BCUT2D eigenvalue weighted by molar-refractivity contribution is 5.90. The van der Waals surface area contributed by atoms with E-state index in [9.17, 15) is 18.0 Å². The molecule has 2 amide bonds. The number of nitrogens with zero attached hydrogens (tertiary/aromatic N) is 1. The van der Waals surface area contributed by atoms with Crippen LogP contribution in [0.3, 0.4) is 0 Å². The lowest BCUT2D eigenvalue weighted by atomic mass is 9.98. The predicted octanol–water partition coefficient (Wildman–Crippen LogP) is 5.50. The third kappa shape index (κ3) is 3.42. The van der Waals surface area contributed by atoms with Gasteiger partial charge < -0.3 is 10.2 Å².